The van der Waals surface area contributed by atoms with Crippen LogP contribution in [-0.2, 0) is 16.0 Å². The molecule has 3 heterocycles. The normalized spacial score (nSPS) is 21.0. The third kappa shape index (κ3) is 4.67. The van der Waals surface area contributed by atoms with E-state index in [4.69, 9.17) is 0 Å². The van der Waals surface area contributed by atoms with Gasteiger partial charge < -0.3 is 14.9 Å². The summed E-state index contributed by atoms with van der Waals surface area (Å²) in [7, 11) is 0. The molecule has 0 aliphatic carbocycles. The molecule has 2 saturated heterocycles. The fourth-order valence-electron chi connectivity index (χ4n) is 4.20. The minimum atomic E-state index is -0.914. The fourth-order valence-corrected chi connectivity index (χ4v) is 4.20. The number of rotatable bonds is 5. The number of aromatic nitrogens is 1. The number of amides is 2. The lowest BCUT2D eigenvalue weighted by molar-refractivity contribution is -0.148. The molecule has 1 atom stereocenters. The van der Waals surface area contributed by atoms with Crippen molar-refractivity contribution in [2.45, 2.75) is 52.1 Å². The van der Waals surface area contributed by atoms with Gasteiger partial charge in [0.15, 0.2) is 0 Å². The van der Waals surface area contributed by atoms with Crippen molar-refractivity contribution in [3.63, 3.8) is 0 Å². The number of carbonyl (C=O) groups is 2. The lowest BCUT2D eigenvalue weighted by Crippen LogP contribution is -2.54. The maximum atomic E-state index is 12.4. The molecule has 0 saturated carbocycles. The molecular formula is C21H31N3O3. The molecule has 6 heteroatoms. The molecule has 1 aromatic rings. The predicted octanol–water partition coefficient (Wildman–Crippen LogP) is 1.87. The summed E-state index contributed by atoms with van der Waals surface area (Å²) >= 11 is 0. The molecule has 1 aromatic heterocycles. The number of carbonyl (C=O) groups excluding carboxylic acids is 2. The number of aliphatic hydroxyl groups excluding tert-OH is 1. The number of piperidine rings is 2. The Morgan fingerprint density at radius 3 is 2.67 bits per heavy atom. The summed E-state index contributed by atoms with van der Waals surface area (Å²) in [6, 6.07) is 3.97. The molecule has 1 spiro atoms. The van der Waals surface area contributed by atoms with Gasteiger partial charge >= 0.3 is 0 Å². The van der Waals surface area contributed by atoms with Crippen LogP contribution in [0.15, 0.2) is 24.5 Å². The SMILES string of the molecule is CC(C)[C@@H](O)C(=O)N1CCC2(CCC(=O)N(CCc3cccnc3)C2)CC1. The van der Waals surface area contributed by atoms with E-state index in [2.05, 4.69) is 4.98 Å². The van der Waals surface area contributed by atoms with E-state index >= 15 is 0 Å². The second kappa shape index (κ2) is 8.38. The minimum Gasteiger partial charge on any atom is -0.383 e. The van der Waals surface area contributed by atoms with Gasteiger partial charge in [0, 0.05) is 45.0 Å². The maximum absolute atomic E-state index is 12.4. The molecule has 1 N–H and O–H groups in total. The Balaban J connectivity index is 1.56. The number of aliphatic hydroxyl groups is 1. The van der Waals surface area contributed by atoms with Gasteiger partial charge in [-0.05, 0) is 48.6 Å². The largest absolute Gasteiger partial charge is 0.383 e. The number of nitrogens with zero attached hydrogens (tertiary/aromatic N) is 3. The average molecular weight is 373 g/mol. The van der Waals surface area contributed by atoms with Gasteiger partial charge in [-0.15, -0.1) is 0 Å². The van der Waals surface area contributed by atoms with E-state index in [9.17, 15) is 14.7 Å². The molecule has 2 amide bonds. The molecule has 3 rings (SSSR count). The van der Waals surface area contributed by atoms with Crippen molar-refractivity contribution in [1.82, 2.24) is 14.8 Å². The minimum absolute atomic E-state index is 0.0661. The molecular weight excluding hydrogens is 342 g/mol. The van der Waals surface area contributed by atoms with Gasteiger partial charge in [-0.1, -0.05) is 19.9 Å². The first-order chi connectivity index (χ1) is 12.9. The summed E-state index contributed by atoms with van der Waals surface area (Å²) in [4.78, 5) is 32.7. The van der Waals surface area contributed by atoms with E-state index in [1.165, 1.54) is 0 Å². The van der Waals surface area contributed by atoms with Crippen molar-refractivity contribution in [2.75, 3.05) is 26.2 Å². The summed E-state index contributed by atoms with van der Waals surface area (Å²) in [6.45, 7) is 6.57. The molecule has 2 aliphatic heterocycles. The highest BCUT2D eigenvalue weighted by atomic mass is 16.3. The van der Waals surface area contributed by atoms with Gasteiger partial charge in [0.1, 0.15) is 6.10 Å². The van der Waals surface area contributed by atoms with E-state index in [1.807, 2.05) is 37.1 Å². The first kappa shape index (κ1) is 19.8. The van der Waals surface area contributed by atoms with Crippen LogP contribution in [0.4, 0.5) is 0 Å². The zero-order valence-electron chi connectivity index (χ0n) is 16.4. The second-order valence-corrected chi connectivity index (χ2v) is 8.44. The predicted molar refractivity (Wildman–Crippen MR) is 103 cm³/mol. The van der Waals surface area contributed by atoms with Gasteiger partial charge in [0.25, 0.3) is 5.91 Å². The third-order valence-corrected chi connectivity index (χ3v) is 6.16. The van der Waals surface area contributed by atoms with Crippen LogP contribution in [0, 0.1) is 11.3 Å². The van der Waals surface area contributed by atoms with Crippen molar-refractivity contribution >= 4 is 11.8 Å². The topological polar surface area (TPSA) is 73.7 Å². The van der Waals surface area contributed by atoms with Gasteiger partial charge in [-0.25, -0.2) is 0 Å². The molecule has 2 fully saturated rings. The van der Waals surface area contributed by atoms with Crippen LogP contribution >= 0.6 is 0 Å². The summed E-state index contributed by atoms with van der Waals surface area (Å²) in [5, 5.41) is 10.1. The first-order valence-electron chi connectivity index (χ1n) is 10.0. The van der Waals surface area contributed by atoms with E-state index < -0.39 is 6.10 Å². The van der Waals surface area contributed by atoms with Gasteiger partial charge in [0.2, 0.25) is 5.91 Å². The first-order valence-corrected chi connectivity index (χ1v) is 10.0. The third-order valence-electron chi connectivity index (χ3n) is 6.16. The highest BCUT2D eigenvalue weighted by Crippen LogP contribution is 2.40. The Bertz CT molecular complexity index is 654. The summed E-state index contributed by atoms with van der Waals surface area (Å²) in [5.41, 5.74) is 1.26. The smallest absolute Gasteiger partial charge is 0.251 e. The van der Waals surface area contributed by atoms with E-state index in [0.717, 1.165) is 44.3 Å². The highest BCUT2D eigenvalue weighted by molar-refractivity contribution is 5.81. The molecule has 148 valence electrons. The average Bonchev–Trinajstić information content (AvgIpc) is 2.69. The molecule has 0 bridgehead atoms. The van der Waals surface area contributed by atoms with E-state index in [-0.39, 0.29) is 23.1 Å². The zero-order valence-corrected chi connectivity index (χ0v) is 16.4. The van der Waals surface area contributed by atoms with Crippen LogP contribution in [-0.4, -0.2) is 64.0 Å². The maximum Gasteiger partial charge on any atom is 0.251 e. The number of hydrogen-bond acceptors (Lipinski definition) is 4. The highest BCUT2D eigenvalue weighted by Gasteiger charge is 2.42. The standard InChI is InChI=1S/C21H31N3O3/c1-16(2)19(26)20(27)23-12-8-21(9-13-23)7-5-18(25)24(15-21)11-6-17-4-3-10-22-14-17/h3-4,10,14,16,19,26H,5-9,11-13,15H2,1-2H3/t19-/m1/s1. The Labute approximate surface area is 161 Å². The number of pyridine rings is 1. The second-order valence-electron chi connectivity index (χ2n) is 8.44. The Morgan fingerprint density at radius 2 is 2.04 bits per heavy atom. The van der Waals surface area contributed by atoms with Crippen LogP contribution in [0.25, 0.3) is 0 Å². The van der Waals surface area contributed by atoms with E-state index in [1.54, 1.807) is 11.1 Å². The lowest BCUT2D eigenvalue weighted by Gasteiger charge is -2.47. The molecule has 0 radical (unpaired) electrons. The number of hydrogen-bond donors (Lipinski definition) is 1. The fraction of sp³-hybridized carbons (Fsp3) is 0.667. The van der Waals surface area contributed by atoms with Crippen molar-refractivity contribution in [1.29, 1.82) is 0 Å². The van der Waals surface area contributed by atoms with Crippen LogP contribution in [0.5, 0.6) is 0 Å². The molecule has 2 aliphatic rings. The monoisotopic (exact) mass is 373 g/mol. The Hall–Kier alpha value is -1.95. The van der Waals surface area contributed by atoms with Gasteiger partial charge in [0.05, 0.1) is 0 Å². The van der Waals surface area contributed by atoms with Crippen molar-refractivity contribution in [3.05, 3.63) is 30.1 Å². The zero-order chi connectivity index (χ0) is 19.4. The summed E-state index contributed by atoms with van der Waals surface area (Å²) < 4.78 is 0. The quantitative estimate of drug-likeness (QED) is 0.855. The van der Waals surface area contributed by atoms with Gasteiger partial charge in [-0.3, -0.25) is 14.6 Å². The van der Waals surface area contributed by atoms with Crippen molar-refractivity contribution in [3.8, 4) is 0 Å². The summed E-state index contributed by atoms with van der Waals surface area (Å²) in [6.07, 6.45) is 6.83. The Kier molecular flexibility index (Phi) is 6.15. The molecule has 27 heavy (non-hydrogen) atoms. The van der Waals surface area contributed by atoms with Crippen LogP contribution in [0.3, 0.4) is 0 Å². The molecule has 0 unspecified atom stereocenters. The molecule has 0 aromatic carbocycles. The van der Waals surface area contributed by atoms with Crippen molar-refractivity contribution in [2.24, 2.45) is 11.3 Å². The van der Waals surface area contributed by atoms with Crippen LogP contribution in [0.1, 0.15) is 45.1 Å². The molecule has 6 nitrogen and oxygen atoms in total. The van der Waals surface area contributed by atoms with Crippen molar-refractivity contribution < 1.29 is 14.7 Å². The lowest BCUT2D eigenvalue weighted by atomic mass is 9.72. The summed E-state index contributed by atoms with van der Waals surface area (Å²) in [5.74, 6) is 0.0158. The van der Waals surface area contributed by atoms with E-state index in [0.29, 0.717) is 19.5 Å². The van der Waals surface area contributed by atoms with Crippen LogP contribution < -0.4 is 0 Å². The Morgan fingerprint density at radius 1 is 1.30 bits per heavy atom. The number of likely N-dealkylation sites (tertiary alicyclic amines) is 2. The van der Waals surface area contributed by atoms with Gasteiger partial charge in [-0.2, -0.15) is 0 Å². The van der Waals surface area contributed by atoms with Crippen LogP contribution in [0.2, 0.25) is 0 Å².